The van der Waals surface area contributed by atoms with Crippen LogP contribution in [-0.4, -0.2) is 156 Å². The number of phenols is 2. The van der Waals surface area contributed by atoms with Crippen molar-refractivity contribution in [2.45, 2.75) is 112 Å². The molecule has 240 valence electrons. The molecule has 1 aromatic carbocycles. The number of aromatic hydroxyl groups is 2. The SMILES string of the molecule is CC1OC(OCC2OC(OCCc3ccc(O)c(O)c3)C(O)C(OC3OC(C)C(O)C(O)C3O)C2O)C(O)C(O)C1O. The minimum atomic E-state index is -1.74. The van der Waals surface area contributed by atoms with Crippen molar-refractivity contribution >= 4 is 0 Å². The van der Waals surface area contributed by atoms with Gasteiger partial charge in [-0.15, -0.1) is 0 Å². The highest BCUT2D eigenvalue weighted by Gasteiger charge is 2.51. The van der Waals surface area contributed by atoms with E-state index in [-0.39, 0.29) is 24.5 Å². The van der Waals surface area contributed by atoms with E-state index in [0.29, 0.717) is 5.56 Å². The zero-order chi connectivity index (χ0) is 30.9. The molecule has 42 heavy (non-hydrogen) atoms. The van der Waals surface area contributed by atoms with E-state index in [1.54, 1.807) is 6.07 Å². The molecule has 10 N–H and O–H groups in total. The molecule has 0 aromatic heterocycles. The van der Waals surface area contributed by atoms with Crippen LogP contribution >= 0.6 is 0 Å². The van der Waals surface area contributed by atoms with Crippen LogP contribution in [0.4, 0.5) is 0 Å². The standard InChI is InChI=1S/C26H40O16/c1-9-15(29)18(32)20(34)24(39-9)38-8-14-17(31)23(42-26-21(35)19(33)16(30)10(2)40-26)22(36)25(41-14)37-6-5-11-3-4-12(27)13(28)7-11/h3-4,7,9-10,14-36H,5-6,8H2,1-2H3. The number of aliphatic hydroxyl groups excluding tert-OH is 8. The minimum Gasteiger partial charge on any atom is -0.504 e. The van der Waals surface area contributed by atoms with E-state index in [4.69, 9.17) is 28.4 Å². The maximum absolute atomic E-state index is 11.1. The maximum Gasteiger partial charge on any atom is 0.187 e. The fourth-order valence-corrected chi connectivity index (χ4v) is 4.98. The molecule has 1 aromatic rings. The van der Waals surface area contributed by atoms with Crippen LogP contribution in [0.3, 0.4) is 0 Å². The Morgan fingerprint density at radius 1 is 0.619 bits per heavy atom. The molecule has 0 saturated carbocycles. The monoisotopic (exact) mass is 608 g/mol. The molecule has 3 saturated heterocycles. The van der Waals surface area contributed by atoms with Gasteiger partial charge in [-0.1, -0.05) is 6.07 Å². The Morgan fingerprint density at radius 3 is 1.81 bits per heavy atom. The van der Waals surface area contributed by atoms with E-state index in [1.165, 1.54) is 26.0 Å². The van der Waals surface area contributed by atoms with Gasteiger partial charge in [0.05, 0.1) is 25.4 Å². The summed E-state index contributed by atoms with van der Waals surface area (Å²) in [6, 6.07) is 4.17. The van der Waals surface area contributed by atoms with Crippen molar-refractivity contribution in [1.82, 2.24) is 0 Å². The largest absolute Gasteiger partial charge is 0.504 e. The predicted molar refractivity (Wildman–Crippen MR) is 136 cm³/mol. The van der Waals surface area contributed by atoms with Gasteiger partial charge in [0.2, 0.25) is 0 Å². The second-order valence-electron chi connectivity index (χ2n) is 10.8. The Labute approximate surface area is 240 Å². The molecule has 0 amide bonds. The van der Waals surface area contributed by atoms with Gasteiger partial charge in [0.15, 0.2) is 30.4 Å². The molecule has 0 bridgehead atoms. The Hall–Kier alpha value is -1.74. The average molecular weight is 609 g/mol. The number of aliphatic hydroxyl groups is 8. The number of phenolic OH excluding ortho intramolecular Hbond substituents is 2. The fraction of sp³-hybridized carbons (Fsp3) is 0.769. The lowest BCUT2D eigenvalue weighted by atomic mass is 9.97. The molecule has 4 rings (SSSR count). The first kappa shape index (κ1) is 33.2. The third-order valence-electron chi connectivity index (χ3n) is 7.69. The molecule has 16 heteroatoms. The van der Waals surface area contributed by atoms with Crippen LogP contribution in [0.25, 0.3) is 0 Å². The van der Waals surface area contributed by atoms with Crippen LogP contribution in [-0.2, 0) is 34.8 Å². The molecule has 3 aliphatic heterocycles. The van der Waals surface area contributed by atoms with Crippen molar-refractivity contribution in [2.24, 2.45) is 0 Å². The number of hydrogen-bond acceptors (Lipinski definition) is 16. The molecule has 15 atom stereocenters. The fourth-order valence-electron chi connectivity index (χ4n) is 4.98. The maximum atomic E-state index is 11.1. The number of benzene rings is 1. The van der Waals surface area contributed by atoms with E-state index in [1.807, 2.05) is 0 Å². The van der Waals surface area contributed by atoms with E-state index in [9.17, 15) is 51.1 Å². The van der Waals surface area contributed by atoms with Gasteiger partial charge in [-0.2, -0.15) is 0 Å². The summed E-state index contributed by atoms with van der Waals surface area (Å²) in [5.74, 6) is -0.632. The summed E-state index contributed by atoms with van der Waals surface area (Å²) in [6.07, 6.45) is -21.6. The molecular weight excluding hydrogens is 568 g/mol. The smallest absolute Gasteiger partial charge is 0.187 e. The highest BCUT2D eigenvalue weighted by Crippen LogP contribution is 2.31. The van der Waals surface area contributed by atoms with Crippen LogP contribution < -0.4 is 0 Å². The Morgan fingerprint density at radius 2 is 1.19 bits per heavy atom. The zero-order valence-corrected chi connectivity index (χ0v) is 22.9. The van der Waals surface area contributed by atoms with E-state index in [2.05, 4.69) is 0 Å². The summed E-state index contributed by atoms with van der Waals surface area (Å²) in [7, 11) is 0. The highest BCUT2D eigenvalue weighted by molar-refractivity contribution is 5.40. The molecule has 0 radical (unpaired) electrons. The van der Waals surface area contributed by atoms with Gasteiger partial charge < -0.3 is 79.5 Å². The second-order valence-corrected chi connectivity index (χ2v) is 10.8. The van der Waals surface area contributed by atoms with Gasteiger partial charge in [-0.3, -0.25) is 0 Å². The third kappa shape index (κ3) is 7.14. The van der Waals surface area contributed by atoms with Gasteiger partial charge in [0.25, 0.3) is 0 Å². The highest BCUT2D eigenvalue weighted by atomic mass is 16.7. The van der Waals surface area contributed by atoms with Gasteiger partial charge in [0, 0.05) is 0 Å². The third-order valence-corrected chi connectivity index (χ3v) is 7.69. The van der Waals surface area contributed by atoms with Crippen LogP contribution in [0, 0.1) is 0 Å². The summed E-state index contributed by atoms with van der Waals surface area (Å²) >= 11 is 0. The quantitative estimate of drug-likeness (QED) is 0.120. The van der Waals surface area contributed by atoms with Crippen LogP contribution in [0.1, 0.15) is 19.4 Å². The minimum absolute atomic E-state index is 0.0706. The van der Waals surface area contributed by atoms with Crippen LogP contribution in [0.5, 0.6) is 11.5 Å². The lowest BCUT2D eigenvalue weighted by Gasteiger charge is -2.46. The zero-order valence-electron chi connectivity index (χ0n) is 22.9. The normalized spacial score (nSPS) is 44.7. The van der Waals surface area contributed by atoms with Crippen molar-refractivity contribution in [3.8, 4) is 11.5 Å². The van der Waals surface area contributed by atoms with Crippen molar-refractivity contribution < 1.29 is 79.5 Å². The first-order chi connectivity index (χ1) is 19.8. The van der Waals surface area contributed by atoms with Crippen molar-refractivity contribution in [1.29, 1.82) is 0 Å². The second kappa shape index (κ2) is 13.9. The number of hydrogen-bond donors (Lipinski definition) is 10. The summed E-state index contributed by atoms with van der Waals surface area (Å²) < 4.78 is 33.6. The Bertz CT molecular complexity index is 1010. The summed E-state index contributed by atoms with van der Waals surface area (Å²) in [5.41, 5.74) is 0.585. The molecule has 0 spiro atoms. The first-order valence-corrected chi connectivity index (χ1v) is 13.6. The summed E-state index contributed by atoms with van der Waals surface area (Å²) in [5, 5.41) is 102. The lowest BCUT2D eigenvalue weighted by Crippen LogP contribution is -2.64. The van der Waals surface area contributed by atoms with Crippen molar-refractivity contribution in [2.75, 3.05) is 13.2 Å². The van der Waals surface area contributed by atoms with Gasteiger partial charge in [-0.05, 0) is 38.0 Å². The summed E-state index contributed by atoms with van der Waals surface area (Å²) in [6.45, 7) is 2.34. The Balaban J connectivity index is 1.47. The predicted octanol–water partition coefficient (Wildman–Crippen LogP) is -3.84. The molecule has 0 aliphatic carbocycles. The first-order valence-electron chi connectivity index (χ1n) is 13.6. The summed E-state index contributed by atoms with van der Waals surface area (Å²) in [4.78, 5) is 0. The molecule has 15 unspecified atom stereocenters. The Kier molecular flexibility index (Phi) is 11.0. The van der Waals surface area contributed by atoms with Crippen LogP contribution in [0.15, 0.2) is 18.2 Å². The van der Waals surface area contributed by atoms with E-state index in [0.717, 1.165) is 0 Å². The molecule has 3 fully saturated rings. The van der Waals surface area contributed by atoms with Crippen LogP contribution in [0.2, 0.25) is 0 Å². The van der Waals surface area contributed by atoms with E-state index < -0.39 is 98.7 Å². The topological polar surface area (TPSA) is 258 Å². The number of rotatable bonds is 9. The average Bonchev–Trinajstić information content (AvgIpc) is 2.96. The molecule has 3 aliphatic rings. The lowest BCUT2D eigenvalue weighted by molar-refractivity contribution is -0.363. The van der Waals surface area contributed by atoms with Gasteiger partial charge in [0.1, 0.15) is 61.0 Å². The molecule has 16 nitrogen and oxygen atoms in total. The van der Waals surface area contributed by atoms with Crippen molar-refractivity contribution in [3.63, 3.8) is 0 Å². The van der Waals surface area contributed by atoms with Gasteiger partial charge in [-0.25, -0.2) is 0 Å². The van der Waals surface area contributed by atoms with E-state index >= 15 is 0 Å². The van der Waals surface area contributed by atoms with Gasteiger partial charge >= 0.3 is 0 Å². The molecule has 3 heterocycles. The van der Waals surface area contributed by atoms with Crippen molar-refractivity contribution in [3.05, 3.63) is 23.8 Å². The molecular formula is C26H40O16. The number of ether oxygens (including phenoxy) is 6.